The van der Waals surface area contributed by atoms with Crippen molar-refractivity contribution in [1.82, 2.24) is 0 Å². The van der Waals surface area contributed by atoms with Gasteiger partial charge in [-0.2, -0.15) is 0 Å². The molecule has 0 aliphatic carbocycles. The number of amides is 1. The van der Waals surface area contributed by atoms with Crippen LogP contribution in [0.1, 0.15) is 19.8 Å². The fraction of sp³-hybridized carbons (Fsp3) is 0.533. The van der Waals surface area contributed by atoms with Crippen LogP contribution in [0.2, 0.25) is 0 Å². The van der Waals surface area contributed by atoms with Gasteiger partial charge in [0.2, 0.25) is 5.91 Å². The van der Waals surface area contributed by atoms with E-state index in [1.807, 2.05) is 6.92 Å². The monoisotopic (exact) mass is 294 g/mol. The van der Waals surface area contributed by atoms with Gasteiger partial charge < -0.3 is 25.3 Å². The van der Waals surface area contributed by atoms with Crippen molar-refractivity contribution >= 4 is 11.6 Å². The SMILES string of the molecule is CCOc1ccc(NC(=O)C2(N)CCOCC2)cc1OC. The summed E-state index contributed by atoms with van der Waals surface area (Å²) in [4.78, 5) is 12.3. The summed E-state index contributed by atoms with van der Waals surface area (Å²) in [6.45, 7) is 3.47. The quantitative estimate of drug-likeness (QED) is 0.860. The highest BCUT2D eigenvalue weighted by Gasteiger charge is 2.35. The fourth-order valence-corrected chi connectivity index (χ4v) is 2.24. The Morgan fingerprint density at radius 1 is 1.38 bits per heavy atom. The summed E-state index contributed by atoms with van der Waals surface area (Å²) < 4.78 is 16.0. The highest BCUT2D eigenvalue weighted by atomic mass is 16.5. The van der Waals surface area contributed by atoms with Gasteiger partial charge in [-0.25, -0.2) is 0 Å². The van der Waals surface area contributed by atoms with Crippen LogP contribution in [0.5, 0.6) is 11.5 Å². The molecule has 1 saturated heterocycles. The second-order valence-corrected chi connectivity index (χ2v) is 5.02. The standard InChI is InChI=1S/C15H22N2O4/c1-3-21-12-5-4-11(10-13(12)19-2)17-14(18)15(16)6-8-20-9-7-15/h4-5,10H,3,6-9,16H2,1-2H3,(H,17,18). The Bertz CT molecular complexity index is 498. The van der Waals surface area contributed by atoms with Crippen LogP contribution >= 0.6 is 0 Å². The Balaban J connectivity index is 2.10. The van der Waals surface area contributed by atoms with Gasteiger partial charge in [0.15, 0.2) is 11.5 Å². The summed E-state index contributed by atoms with van der Waals surface area (Å²) in [5.74, 6) is 1.02. The zero-order chi connectivity index (χ0) is 15.3. The fourth-order valence-electron chi connectivity index (χ4n) is 2.24. The third kappa shape index (κ3) is 3.65. The number of hydrogen-bond acceptors (Lipinski definition) is 5. The van der Waals surface area contributed by atoms with Crippen molar-refractivity contribution in [2.75, 3.05) is 32.2 Å². The molecule has 116 valence electrons. The van der Waals surface area contributed by atoms with Gasteiger partial charge in [-0.1, -0.05) is 0 Å². The molecule has 1 fully saturated rings. The third-order valence-electron chi connectivity index (χ3n) is 3.56. The number of carbonyl (C=O) groups excluding carboxylic acids is 1. The number of anilines is 1. The van der Waals surface area contributed by atoms with Crippen molar-refractivity contribution in [3.63, 3.8) is 0 Å². The lowest BCUT2D eigenvalue weighted by atomic mass is 9.90. The molecule has 0 atom stereocenters. The largest absolute Gasteiger partial charge is 0.493 e. The molecule has 1 aliphatic heterocycles. The number of hydrogen-bond donors (Lipinski definition) is 2. The summed E-state index contributed by atoms with van der Waals surface area (Å²) in [7, 11) is 1.56. The summed E-state index contributed by atoms with van der Waals surface area (Å²) in [6, 6.07) is 5.27. The minimum Gasteiger partial charge on any atom is -0.493 e. The van der Waals surface area contributed by atoms with Crippen LogP contribution in [0.15, 0.2) is 18.2 Å². The first-order chi connectivity index (χ1) is 10.1. The average Bonchev–Trinajstić information content (AvgIpc) is 2.49. The average molecular weight is 294 g/mol. The smallest absolute Gasteiger partial charge is 0.244 e. The van der Waals surface area contributed by atoms with Crippen LogP contribution < -0.4 is 20.5 Å². The number of nitrogens with one attached hydrogen (secondary N) is 1. The molecule has 1 aliphatic rings. The first kappa shape index (κ1) is 15.6. The molecule has 0 radical (unpaired) electrons. The van der Waals surface area contributed by atoms with Gasteiger partial charge in [0.1, 0.15) is 5.54 Å². The molecule has 0 unspecified atom stereocenters. The molecule has 1 aromatic rings. The van der Waals surface area contributed by atoms with E-state index in [-0.39, 0.29) is 5.91 Å². The second-order valence-electron chi connectivity index (χ2n) is 5.02. The van der Waals surface area contributed by atoms with Crippen LogP contribution in [0.25, 0.3) is 0 Å². The minimum absolute atomic E-state index is 0.197. The van der Waals surface area contributed by atoms with Gasteiger partial charge in [0, 0.05) is 25.0 Å². The zero-order valence-corrected chi connectivity index (χ0v) is 12.5. The lowest BCUT2D eigenvalue weighted by Crippen LogP contribution is -2.54. The molecule has 0 saturated carbocycles. The molecule has 0 aromatic heterocycles. The van der Waals surface area contributed by atoms with Gasteiger partial charge in [-0.15, -0.1) is 0 Å². The molecular formula is C15H22N2O4. The second kappa shape index (κ2) is 6.78. The maximum absolute atomic E-state index is 12.3. The van der Waals surface area contributed by atoms with Gasteiger partial charge >= 0.3 is 0 Å². The molecule has 6 nitrogen and oxygen atoms in total. The summed E-state index contributed by atoms with van der Waals surface area (Å²) in [5, 5.41) is 2.84. The van der Waals surface area contributed by atoms with Crippen molar-refractivity contribution in [3.05, 3.63) is 18.2 Å². The molecule has 21 heavy (non-hydrogen) atoms. The van der Waals surface area contributed by atoms with Crippen molar-refractivity contribution in [2.24, 2.45) is 5.73 Å². The number of carbonyl (C=O) groups is 1. The van der Waals surface area contributed by atoms with Crippen molar-refractivity contribution in [2.45, 2.75) is 25.3 Å². The van der Waals surface area contributed by atoms with E-state index in [4.69, 9.17) is 19.9 Å². The van der Waals surface area contributed by atoms with Crippen LogP contribution in [-0.4, -0.2) is 38.4 Å². The topological polar surface area (TPSA) is 82.8 Å². The van der Waals surface area contributed by atoms with E-state index in [9.17, 15) is 4.79 Å². The lowest BCUT2D eigenvalue weighted by molar-refractivity contribution is -0.124. The van der Waals surface area contributed by atoms with E-state index in [1.54, 1.807) is 25.3 Å². The van der Waals surface area contributed by atoms with Gasteiger partial charge in [-0.3, -0.25) is 4.79 Å². The number of rotatable bonds is 5. The van der Waals surface area contributed by atoms with E-state index < -0.39 is 5.54 Å². The zero-order valence-electron chi connectivity index (χ0n) is 12.5. The summed E-state index contributed by atoms with van der Waals surface area (Å²) in [5.41, 5.74) is 5.92. The van der Waals surface area contributed by atoms with E-state index in [1.165, 1.54) is 0 Å². The van der Waals surface area contributed by atoms with Crippen LogP contribution in [0.4, 0.5) is 5.69 Å². The predicted octanol–water partition coefficient (Wildman–Crippen LogP) is 1.54. The van der Waals surface area contributed by atoms with Crippen LogP contribution in [0.3, 0.4) is 0 Å². The van der Waals surface area contributed by atoms with E-state index >= 15 is 0 Å². The van der Waals surface area contributed by atoms with Crippen molar-refractivity contribution in [3.8, 4) is 11.5 Å². The molecule has 1 heterocycles. The molecule has 0 bridgehead atoms. The molecule has 1 aromatic carbocycles. The Kier molecular flexibility index (Phi) is 5.03. The Morgan fingerprint density at radius 2 is 2.10 bits per heavy atom. The van der Waals surface area contributed by atoms with E-state index in [2.05, 4.69) is 5.32 Å². The molecule has 1 amide bonds. The van der Waals surface area contributed by atoms with Crippen molar-refractivity contribution in [1.29, 1.82) is 0 Å². The maximum Gasteiger partial charge on any atom is 0.244 e. The van der Waals surface area contributed by atoms with Gasteiger partial charge in [-0.05, 0) is 31.9 Å². The van der Waals surface area contributed by atoms with Crippen molar-refractivity contribution < 1.29 is 19.0 Å². The Morgan fingerprint density at radius 3 is 2.71 bits per heavy atom. The van der Waals surface area contributed by atoms with E-state index in [0.29, 0.717) is 49.8 Å². The first-order valence-electron chi connectivity index (χ1n) is 7.08. The predicted molar refractivity (Wildman–Crippen MR) is 79.8 cm³/mol. The third-order valence-corrected chi connectivity index (χ3v) is 3.56. The highest BCUT2D eigenvalue weighted by molar-refractivity contribution is 5.98. The summed E-state index contributed by atoms with van der Waals surface area (Å²) >= 11 is 0. The highest BCUT2D eigenvalue weighted by Crippen LogP contribution is 2.30. The Labute approximate surface area is 124 Å². The van der Waals surface area contributed by atoms with Gasteiger partial charge in [0.05, 0.1) is 13.7 Å². The first-order valence-corrected chi connectivity index (χ1v) is 7.08. The number of methoxy groups -OCH3 is 1. The van der Waals surface area contributed by atoms with Gasteiger partial charge in [0.25, 0.3) is 0 Å². The maximum atomic E-state index is 12.3. The molecule has 6 heteroatoms. The van der Waals surface area contributed by atoms with Crippen LogP contribution in [-0.2, 0) is 9.53 Å². The van der Waals surface area contributed by atoms with E-state index in [0.717, 1.165) is 0 Å². The number of nitrogens with two attached hydrogens (primary N) is 1. The lowest BCUT2D eigenvalue weighted by Gasteiger charge is -2.31. The molecular weight excluding hydrogens is 272 g/mol. The normalized spacial score (nSPS) is 17.1. The number of ether oxygens (including phenoxy) is 3. The Hall–Kier alpha value is -1.79. The summed E-state index contributed by atoms with van der Waals surface area (Å²) in [6.07, 6.45) is 1.04. The minimum atomic E-state index is -0.871. The molecule has 0 spiro atoms. The molecule has 2 rings (SSSR count). The van der Waals surface area contributed by atoms with Crippen LogP contribution in [0, 0.1) is 0 Å². The molecule has 3 N–H and O–H groups in total. The number of benzene rings is 1.